The van der Waals surface area contributed by atoms with Gasteiger partial charge < -0.3 is 0 Å². The van der Waals surface area contributed by atoms with Crippen molar-refractivity contribution >= 4 is 35.7 Å². The van der Waals surface area contributed by atoms with Crippen molar-refractivity contribution < 1.29 is 0 Å². The summed E-state index contributed by atoms with van der Waals surface area (Å²) in [4.78, 5) is 30.7. The molecule has 0 saturated heterocycles. The Hall–Kier alpha value is -8.22. The van der Waals surface area contributed by atoms with Crippen molar-refractivity contribution in [2.24, 2.45) is 32.7 Å². The predicted molar refractivity (Wildman–Crippen MR) is 330 cm³/mol. The zero-order valence-corrected chi connectivity index (χ0v) is 46.8. The van der Waals surface area contributed by atoms with Crippen molar-refractivity contribution in [3.05, 3.63) is 217 Å². The van der Waals surface area contributed by atoms with Crippen LogP contribution in [-0.2, 0) is 16.2 Å². The first-order valence-corrected chi connectivity index (χ1v) is 27.6. The fraction of sp³-hybridized carbons (Fsp3) is 0.250. The van der Waals surface area contributed by atoms with Gasteiger partial charge in [0, 0.05) is 70.6 Å². The highest BCUT2D eigenvalue weighted by atomic mass is 14.8. The van der Waals surface area contributed by atoms with Crippen molar-refractivity contribution in [2.45, 2.75) is 97.8 Å². The molecule has 6 aromatic carbocycles. The van der Waals surface area contributed by atoms with E-state index < -0.39 is 0 Å². The van der Waals surface area contributed by atoms with E-state index >= 15 is 0 Å². The summed E-state index contributed by atoms with van der Waals surface area (Å²) in [5.41, 5.74) is 19.3. The number of benzene rings is 6. The monoisotopic (exact) mass is 1020 g/mol. The molecule has 0 atom stereocenters. The fourth-order valence-electron chi connectivity index (χ4n) is 10.5. The van der Waals surface area contributed by atoms with Crippen LogP contribution in [0.5, 0.6) is 0 Å². The van der Waals surface area contributed by atoms with Crippen molar-refractivity contribution in [1.29, 1.82) is 0 Å². The SMILES string of the molecule is CC(C)(C)c1ccnc(-c2ccc(/N=C\C3CC(/C=N\c4ccc(-c5cc(C(C)(C)C)ccn5)cc4-c4ccccc4)CC(/C=N\c4ccc(-c5cc(C(C)(C)C)ccn5)cc4-c4ccccc4)C3)c(-c3ccccc3)c2)c1. The molecule has 3 heterocycles. The van der Waals surface area contributed by atoms with Gasteiger partial charge in [-0.05, 0) is 159 Å². The van der Waals surface area contributed by atoms with Gasteiger partial charge >= 0.3 is 0 Å². The third kappa shape index (κ3) is 12.8. The molecule has 78 heavy (non-hydrogen) atoms. The minimum absolute atomic E-state index is 0.00656. The summed E-state index contributed by atoms with van der Waals surface area (Å²) in [5, 5.41) is 0. The molecule has 1 aliphatic carbocycles. The standard InChI is InChI=1S/C72H72N6/c1-70(2,3)58-31-34-73-67(43-58)55-25-28-64(61(40-55)52-19-13-10-14-20-52)76-46-49-37-50(47-77-65-29-26-56(41-62(65)53-21-15-11-16-22-53)68-44-59(32-35-74-68)71(4,5)6)39-51(38-49)48-78-66-30-27-57(42-63(66)54-23-17-12-18-24-54)69-45-60(33-36-75-69)72(7,8)9/h10-36,40-51H,37-39H2,1-9H3/b76-46-,77-47-,78-48-. The molecule has 390 valence electrons. The zero-order valence-electron chi connectivity index (χ0n) is 46.8. The topological polar surface area (TPSA) is 75.8 Å². The maximum absolute atomic E-state index is 5.38. The summed E-state index contributed by atoms with van der Waals surface area (Å²) >= 11 is 0. The number of rotatable bonds is 12. The highest BCUT2D eigenvalue weighted by Gasteiger charge is 2.28. The molecule has 0 spiro atoms. The average molecular weight is 1020 g/mol. The lowest BCUT2D eigenvalue weighted by Crippen LogP contribution is -2.25. The van der Waals surface area contributed by atoms with E-state index in [9.17, 15) is 0 Å². The Labute approximate surface area is 463 Å². The minimum atomic E-state index is 0.00656. The number of aromatic nitrogens is 3. The van der Waals surface area contributed by atoms with Crippen molar-refractivity contribution in [1.82, 2.24) is 15.0 Å². The van der Waals surface area contributed by atoms with Crippen LogP contribution < -0.4 is 0 Å². The number of aliphatic imine (C=N–C) groups is 3. The van der Waals surface area contributed by atoms with E-state index in [1.54, 1.807) is 0 Å². The van der Waals surface area contributed by atoms with E-state index in [0.717, 1.165) is 103 Å². The van der Waals surface area contributed by atoms with Crippen LogP contribution in [0.3, 0.4) is 0 Å². The molecule has 1 fully saturated rings. The summed E-state index contributed by atoms with van der Waals surface area (Å²) in [5.74, 6) is 0.484. The summed E-state index contributed by atoms with van der Waals surface area (Å²) in [6, 6.07) is 64.5. The van der Waals surface area contributed by atoms with Gasteiger partial charge in [-0.1, -0.05) is 172 Å². The molecule has 0 N–H and O–H groups in total. The molecular weight excluding hydrogens is 949 g/mol. The second kappa shape index (κ2) is 22.8. The van der Waals surface area contributed by atoms with E-state index in [0.29, 0.717) is 0 Å². The lowest BCUT2D eigenvalue weighted by atomic mass is 9.76. The molecule has 0 radical (unpaired) electrons. The highest BCUT2D eigenvalue weighted by Crippen LogP contribution is 2.41. The van der Waals surface area contributed by atoms with Crippen LogP contribution in [0.4, 0.5) is 17.1 Å². The number of hydrogen-bond donors (Lipinski definition) is 0. The first kappa shape index (κ1) is 53.2. The molecule has 6 nitrogen and oxygen atoms in total. The number of pyridine rings is 3. The number of nitrogens with zero attached hydrogens (tertiary/aromatic N) is 6. The van der Waals surface area contributed by atoms with Crippen molar-refractivity contribution in [3.63, 3.8) is 0 Å². The second-order valence-electron chi connectivity index (χ2n) is 24.2. The van der Waals surface area contributed by atoms with E-state index in [1.165, 1.54) is 16.7 Å². The van der Waals surface area contributed by atoms with E-state index in [4.69, 9.17) is 29.9 Å². The smallest absolute Gasteiger partial charge is 0.0705 e. The Balaban J connectivity index is 1.02. The van der Waals surface area contributed by atoms with Crippen LogP contribution >= 0.6 is 0 Å². The molecule has 6 heteroatoms. The third-order valence-corrected chi connectivity index (χ3v) is 15.1. The lowest BCUT2D eigenvalue weighted by Gasteiger charge is -2.29. The second-order valence-corrected chi connectivity index (χ2v) is 24.2. The van der Waals surface area contributed by atoms with E-state index in [2.05, 4.69) is 263 Å². The summed E-state index contributed by atoms with van der Waals surface area (Å²) in [6.07, 6.45) is 15.1. The van der Waals surface area contributed by atoms with Crippen LogP contribution in [0, 0.1) is 17.8 Å². The van der Waals surface area contributed by atoms with Crippen molar-refractivity contribution in [3.8, 4) is 67.2 Å². The van der Waals surface area contributed by atoms with Gasteiger partial charge in [-0.15, -0.1) is 0 Å². The zero-order chi connectivity index (χ0) is 54.4. The lowest BCUT2D eigenvalue weighted by molar-refractivity contribution is 0.349. The van der Waals surface area contributed by atoms with Gasteiger partial charge in [0.25, 0.3) is 0 Å². The Kier molecular flexibility index (Phi) is 15.5. The highest BCUT2D eigenvalue weighted by molar-refractivity contribution is 5.87. The maximum Gasteiger partial charge on any atom is 0.0705 e. The van der Waals surface area contributed by atoms with Gasteiger partial charge in [0.05, 0.1) is 34.1 Å². The molecule has 9 aromatic rings. The molecule has 0 amide bonds. The fourth-order valence-corrected chi connectivity index (χ4v) is 10.5. The van der Waals surface area contributed by atoms with Crippen molar-refractivity contribution in [2.75, 3.05) is 0 Å². The Morgan fingerprint density at radius 2 is 0.590 bits per heavy atom. The normalized spacial score (nSPS) is 16.3. The van der Waals surface area contributed by atoms with Gasteiger partial charge in [-0.25, -0.2) is 0 Å². The molecule has 0 unspecified atom stereocenters. The molecular formula is C72H72N6. The van der Waals surface area contributed by atoms with E-state index in [-0.39, 0.29) is 34.0 Å². The molecule has 10 rings (SSSR count). The molecule has 0 aliphatic heterocycles. The molecule has 1 aliphatic rings. The molecule has 0 bridgehead atoms. The Morgan fingerprint density at radius 3 is 0.846 bits per heavy atom. The van der Waals surface area contributed by atoms with Crippen LogP contribution in [-0.4, -0.2) is 33.6 Å². The Morgan fingerprint density at radius 1 is 0.321 bits per heavy atom. The first-order chi connectivity index (χ1) is 37.5. The average Bonchev–Trinajstić information content (AvgIpc) is 3.49. The van der Waals surface area contributed by atoms with Crippen LogP contribution in [0.1, 0.15) is 98.3 Å². The van der Waals surface area contributed by atoms with Gasteiger partial charge in [0.1, 0.15) is 0 Å². The first-order valence-electron chi connectivity index (χ1n) is 27.6. The number of hydrogen-bond acceptors (Lipinski definition) is 6. The van der Waals surface area contributed by atoms with Gasteiger partial charge in [-0.2, -0.15) is 0 Å². The van der Waals surface area contributed by atoms with Crippen LogP contribution in [0.15, 0.2) is 216 Å². The third-order valence-electron chi connectivity index (χ3n) is 15.1. The quantitative estimate of drug-likeness (QED) is 0.114. The summed E-state index contributed by atoms with van der Waals surface area (Å²) in [7, 11) is 0. The summed E-state index contributed by atoms with van der Waals surface area (Å²) in [6.45, 7) is 20.2. The van der Waals surface area contributed by atoms with Crippen LogP contribution in [0.2, 0.25) is 0 Å². The molecule has 1 saturated carbocycles. The predicted octanol–water partition coefficient (Wildman–Crippen LogP) is 19.3. The van der Waals surface area contributed by atoms with Crippen LogP contribution in [0.25, 0.3) is 67.2 Å². The largest absolute Gasteiger partial charge is 0.260 e. The van der Waals surface area contributed by atoms with E-state index in [1.807, 2.05) is 18.6 Å². The van der Waals surface area contributed by atoms with Gasteiger partial charge in [0.2, 0.25) is 0 Å². The van der Waals surface area contributed by atoms with Gasteiger partial charge in [0.15, 0.2) is 0 Å². The minimum Gasteiger partial charge on any atom is -0.260 e. The summed E-state index contributed by atoms with van der Waals surface area (Å²) < 4.78 is 0. The maximum atomic E-state index is 5.38. The van der Waals surface area contributed by atoms with Gasteiger partial charge in [-0.3, -0.25) is 29.9 Å². The molecule has 3 aromatic heterocycles. The Bertz CT molecular complexity index is 3220.